The molecule has 0 saturated heterocycles. The van der Waals surface area contributed by atoms with Crippen LogP contribution < -0.4 is 0 Å². The van der Waals surface area contributed by atoms with Gasteiger partial charge in [0.1, 0.15) is 0 Å². The van der Waals surface area contributed by atoms with Crippen LogP contribution in [0.2, 0.25) is 0 Å². The Morgan fingerprint density at radius 2 is 1.75 bits per heavy atom. The van der Waals surface area contributed by atoms with Crippen molar-refractivity contribution in [2.75, 3.05) is 0 Å². The van der Waals surface area contributed by atoms with Gasteiger partial charge in [0.2, 0.25) is 0 Å². The second-order valence-electron chi connectivity index (χ2n) is 5.55. The number of hydrogen-bond donors (Lipinski definition) is 2. The molecule has 0 amide bonds. The zero-order valence-electron chi connectivity index (χ0n) is 9.54. The number of fused-ring (bicyclic) bond motifs is 2. The van der Waals surface area contributed by atoms with Crippen LogP contribution in [0.1, 0.15) is 33.1 Å². The van der Waals surface area contributed by atoms with Crippen LogP contribution in [0.4, 0.5) is 0 Å². The van der Waals surface area contributed by atoms with E-state index in [2.05, 4.69) is 6.58 Å². The summed E-state index contributed by atoms with van der Waals surface area (Å²) < 4.78 is 0. The minimum Gasteiger partial charge on any atom is -0.481 e. The highest BCUT2D eigenvalue weighted by Gasteiger charge is 2.72. The fourth-order valence-corrected chi connectivity index (χ4v) is 3.56. The van der Waals surface area contributed by atoms with E-state index in [0.717, 1.165) is 0 Å². The van der Waals surface area contributed by atoms with Crippen molar-refractivity contribution >= 4 is 11.9 Å². The predicted molar refractivity (Wildman–Crippen MR) is 56.9 cm³/mol. The fourth-order valence-electron chi connectivity index (χ4n) is 3.56. The van der Waals surface area contributed by atoms with Gasteiger partial charge in [-0.1, -0.05) is 26.0 Å². The number of aliphatic carboxylic acids is 2. The van der Waals surface area contributed by atoms with Crippen molar-refractivity contribution in [2.24, 2.45) is 16.2 Å². The molecule has 0 radical (unpaired) electrons. The number of rotatable bonds is 2. The largest absolute Gasteiger partial charge is 0.481 e. The predicted octanol–water partition coefficient (Wildman–Crippen LogP) is 1.91. The molecule has 88 valence electrons. The first-order chi connectivity index (χ1) is 7.21. The Balaban J connectivity index is 2.61. The molecule has 4 heteroatoms. The summed E-state index contributed by atoms with van der Waals surface area (Å²) in [5.41, 5.74) is -2.03. The van der Waals surface area contributed by atoms with Crippen LogP contribution in [-0.4, -0.2) is 22.2 Å². The molecule has 0 aromatic rings. The third-order valence-electron chi connectivity index (χ3n) is 4.93. The lowest BCUT2D eigenvalue weighted by Gasteiger charge is -2.41. The number of carbonyl (C=O) groups is 2. The molecule has 0 aromatic carbocycles. The molecule has 2 aliphatic rings. The second kappa shape index (κ2) is 2.67. The van der Waals surface area contributed by atoms with Crippen molar-refractivity contribution in [3.63, 3.8) is 0 Å². The highest BCUT2D eigenvalue weighted by molar-refractivity contribution is 5.88. The number of carboxylic acids is 2. The van der Waals surface area contributed by atoms with Gasteiger partial charge >= 0.3 is 11.9 Å². The van der Waals surface area contributed by atoms with Gasteiger partial charge in [0.15, 0.2) is 0 Å². The monoisotopic (exact) mass is 224 g/mol. The molecule has 0 aromatic heterocycles. The fraction of sp³-hybridized carbons (Fsp3) is 0.667. The molecule has 2 rings (SSSR count). The lowest BCUT2D eigenvalue weighted by atomic mass is 9.61. The molecule has 0 heterocycles. The molecule has 0 spiro atoms. The Bertz CT molecular complexity index is 409. The average Bonchev–Trinajstić information content (AvgIpc) is 2.64. The first kappa shape index (κ1) is 11.2. The van der Waals surface area contributed by atoms with E-state index in [4.69, 9.17) is 0 Å². The van der Waals surface area contributed by atoms with Gasteiger partial charge in [0.05, 0.1) is 10.8 Å². The van der Waals surface area contributed by atoms with Crippen LogP contribution in [0.3, 0.4) is 0 Å². The lowest BCUT2D eigenvalue weighted by molar-refractivity contribution is -0.153. The second-order valence-corrected chi connectivity index (χ2v) is 5.55. The zero-order chi connectivity index (χ0) is 12.4. The normalized spacial score (nSPS) is 40.0. The van der Waals surface area contributed by atoms with Crippen molar-refractivity contribution in [3.05, 3.63) is 12.2 Å². The van der Waals surface area contributed by atoms with Crippen LogP contribution >= 0.6 is 0 Å². The van der Waals surface area contributed by atoms with E-state index in [1.807, 2.05) is 0 Å². The topological polar surface area (TPSA) is 74.6 Å². The first-order valence-corrected chi connectivity index (χ1v) is 5.37. The van der Waals surface area contributed by atoms with Crippen LogP contribution in [0, 0.1) is 16.2 Å². The molecule has 2 fully saturated rings. The summed E-state index contributed by atoms with van der Waals surface area (Å²) in [6.07, 6.45) is 1.02. The lowest BCUT2D eigenvalue weighted by Crippen LogP contribution is -2.42. The molecule has 2 unspecified atom stereocenters. The van der Waals surface area contributed by atoms with Crippen LogP contribution in [0.25, 0.3) is 0 Å². The van der Waals surface area contributed by atoms with Gasteiger partial charge in [0.25, 0.3) is 0 Å². The average molecular weight is 224 g/mol. The number of hydrogen-bond acceptors (Lipinski definition) is 2. The molecule has 16 heavy (non-hydrogen) atoms. The van der Waals surface area contributed by atoms with Crippen molar-refractivity contribution in [1.29, 1.82) is 0 Å². The summed E-state index contributed by atoms with van der Waals surface area (Å²) in [6.45, 7) is 7.46. The Morgan fingerprint density at radius 1 is 1.19 bits per heavy atom. The SMILES string of the molecule is C=C1C2(C(=O)O)CCC(C(=O)O)(C2)C1(C)C. The minimum absolute atomic E-state index is 0.191. The molecule has 2 N–H and O–H groups in total. The summed E-state index contributed by atoms with van der Waals surface area (Å²) >= 11 is 0. The van der Waals surface area contributed by atoms with Gasteiger partial charge in [-0.3, -0.25) is 9.59 Å². The van der Waals surface area contributed by atoms with Gasteiger partial charge in [-0.15, -0.1) is 0 Å². The van der Waals surface area contributed by atoms with E-state index in [0.29, 0.717) is 18.4 Å². The maximum atomic E-state index is 11.5. The Kier molecular flexibility index (Phi) is 1.87. The summed E-state index contributed by atoms with van der Waals surface area (Å²) in [5.74, 6) is -1.81. The van der Waals surface area contributed by atoms with Gasteiger partial charge in [0, 0.05) is 5.41 Å². The van der Waals surface area contributed by atoms with E-state index >= 15 is 0 Å². The zero-order valence-corrected chi connectivity index (χ0v) is 9.54. The van der Waals surface area contributed by atoms with Crippen LogP contribution in [0.5, 0.6) is 0 Å². The van der Waals surface area contributed by atoms with Crippen LogP contribution in [0.15, 0.2) is 12.2 Å². The van der Waals surface area contributed by atoms with Gasteiger partial charge in [-0.05, 0) is 19.3 Å². The summed E-state index contributed by atoms with van der Waals surface area (Å²) in [7, 11) is 0. The molecular weight excluding hydrogens is 208 g/mol. The third kappa shape index (κ3) is 0.867. The Labute approximate surface area is 94.0 Å². The molecule has 0 aliphatic heterocycles. The molecular formula is C12H16O4. The molecule has 4 nitrogen and oxygen atoms in total. The molecule has 2 saturated carbocycles. The summed E-state index contributed by atoms with van der Waals surface area (Å²) in [5, 5.41) is 18.7. The maximum Gasteiger partial charge on any atom is 0.313 e. The van der Waals surface area contributed by atoms with Gasteiger partial charge < -0.3 is 10.2 Å². The highest BCUT2D eigenvalue weighted by atomic mass is 16.4. The van der Waals surface area contributed by atoms with Crippen molar-refractivity contribution in [3.8, 4) is 0 Å². The highest BCUT2D eigenvalue weighted by Crippen LogP contribution is 2.72. The van der Waals surface area contributed by atoms with Crippen molar-refractivity contribution in [1.82, 2.24) is 0 Å². The molecule has 2 aliphatic carbocycles. The Morgan fingerprint density at radius 3 is 2.06 bits per heavy atom. The van der Waals surface area contributed by atoms with E-state index in [1.54, 1.807) is 13.8 Å². The van der Waals surface area contributed by atoms with E-state index in [1.165, 1.54) is 0 Å². The van der Waals surface area contributed by atoms with Gasteiger partial charge in [-0.2, -0.15) is 0 Å². The van der Waals surface area contributed by atoms with Crippen molar-refractivity contribution < 1.29 is 19.8 Å². The standard InChI is InChI=1S/C12H16O4/c1-7-10(2,3)12(9(15)16)5-4-11(7,6-12)8(13)14/h1,4-6H2,2-3H3,(H,13,14)(H,15,16). The van der Waals surface area contributed by atoms with E-state index < -0.39 is 28.2 Å². The summed E-state index contributed by atoms with van der Waals surface area (Å²) in [4.78, 5) is 22.9. The van der Waals surface area contributed by atoms with Crippen LogP contribution in [-0.2, 0) is 9.59 Å². The van der Waals surface area contributed by atoms with Gasteiger partial charge in [-0.25, -0.2) is 0 Å². The van der Waals surface area contributed by atoms with E-state index in [9.17, 15) is 19.8 Å². The number of carboxylic acid groups (broad SMARTS) is 2. The van der Waals surface area contributed by atoms with Crippen molar-refractivity contribution in [2.45, 2.75) is 33.1 Å². The first-order valence-electron chi connectivity index (χ1n) is 5.37. The molecule has 2 atom stereocenters. The Hall–Kier alpha value is -1.32. The quantitative estimate of drug-likeness (QED) is 0.702. The minimum atomic E-state index is -1.01. The smallest absolute Gasteiger partial charge is 0.313 e. The molecule has 2 bridgehead atoms. The maximum absolute atomic E-state index is 11.5. The third-order valence-corrected chi connectivity index (χ3v) is 4.93. The van der Waals surface area contributed by atoms with E-state index in [-0.39, 0.29) is 6.42 Å². The summed E-state index contributed by atoms with van der Waals surface area (Å²) in [6, 6.07) is 0.